The van der Waals surface area contributed by atoms with Crippen LogP contribution in [0.25, 0.3) is 0 Å². The molecule has 3 aromatic carbocycles. The average Bonchev–Trinajstić information content (AvgIpc) is 2.96. The summed E-state index contributed by atoms with van der Waals surface area (Å²) in [5, 5.41) is 0. The van der Waals surface area contributed by atoms with E-state index in [9.17, 15) is 0 Å². The van der Waals surface area contributed by atoms with Gasteiger partial charge < -0.3 is 0 Å². The van der Waals surface area contributed by atoms with Crippen molar-refractivity contribution in [1.29, 1.82) is 0 Å². The van der Waals surface area contributed by atoms with E-state index in [-0.39, 0.29) is 6.04 Å². The van der Waals surface area contributed by atoms with Crippen LogP contribution in [0.2, 0.25) is 0 Å². The maximum absolute atomic E-state index is 5.01. The summed E-state index contributed by atoms with van der Waals surface area (Å²) in [6.45, 7) is 0. The first kappa shape index (κ1) is 12.1. The summed E-state index contributed by atoms with van der Waals surface area (Å²) in [7, 11) is 0. The third kappa shape index (κ3) is 2.07. The van der Waals surface area contributed by atoms with Gasteiger partial charge in [0.2, 0.25) is 0 Å². The van der Waals surface area contributed by atoms with Gasteiger partial charge in [0.25, 0.3) is 0 Å². The first-order valence-electron chi connectivity index (χ1n) is 7.21. The van der Waals surface area contributed by atoms with Crippen LogP contribution < -0.4 is 0 Å². The summed E-state index contributed by atoms with van der Waals surface area (Å²) < 4.78 is 0. The Morgan fingerprint density at radius 3 is 2.00 bits per heavy atom. The summed E-state index contributed by atoms with van der Waals surface area (Å²) in [5.74, 6) is 0. The fourth-order valence-corrected chi connectivity index (χ4v) is 2.93. The minimum atomic E-state index is 0.109. The first-order valence-corrected chi connectivity index (χ1v) is 7.21. The average molecular weight is 269 g/mol. The molecule has 0 amide bonds. The highest BCUT2D eigenvalue weighted by atomic mass is 14.8. The first-order chi connectivity index (χ1) is 10.4. The van der Waals surface area contributed by atoms with Crippen LogP contribution in [0, 0.1) is 0 Å². The van der Waals surface area contributed by atoms with Crippen LogP contribution >= 0.6 is 0 Å². The normalized spacial score (nSPS) is 16.4. The highest BCUT2D eigenvalue weighted by molar-refractivity contribution is 6.15. The van der Waals surface area contributed by atoms with E-state index >= 15 is 0 Å². The van der Waals surface area contributed by atoms with Crippen molar-refractivity contribution >= 4 is 5.71 Å². The van der Waals surface area contributed by atoms with Crippen LogP contribution in [0.4, 0.5) is 0 Å². The molecule has 0 saturated carbocycles. The van der Waals surface area contributed by atoms with Crippen molar-refractivity contribution < 1.29 is 0 Å². The van der Waals surface area contributed by atoms with E-state index in [1.54, 1.807) is 0 Å². The molecule has 1 heteroatoms. The van der Waals surface area contributed by atoms with Gasteiger partial charge in [0.15, 0.2) is 0 Å². The predicted molar refractivity (Wildman–Crippen MR) is 86.8 cm³/mol. The van der Waals surface area contributed by atoms with E-state index in [4.69, 9.17) is 4.99 Å². The number of nitrogens with zero attached hydrogens (tertiary/aromatic N) is 1. The summed E-state index contributed by atoms with van der Waals surface area (Å²) in [4.78, 5) is 5.01. The fourth-order valence-electron chi connectivity index (χ4n) is 2.93. The lowest BCUT2D eigenvalue weighted by Gasteiger charge is -2.09. The molecule has 100 valence electrons. The Hall–Kier alpha value is -2.67. The minimum absolute atomic E-state index is 0.109. The minimum Gasteiger partial charge on any atom is -0.271 e. The van der Waals surface area contributed by atoms with Crippen LogP contribution in [0.1, 0.15) is 28.3 Å². The van der Waals surface area contributed by atoms with Crippen molar-refractivity contribution in [2.24, 2.45) is 4.99 Å². The molecule has 0 radical (unpaired) electrons. The second-order valence-electron chi connectivity index (χ2n) is 5.24. The van der Waals surface area contributed by atoms with E-state index in [1.807, 2.05) is 12.1 Å². The number of rotatable bonds is 2. The van der Waals surface area contributed by atoms with Crippen molar-refractivity contribution in [2.45, 2.75) is 6.04 Å². The fraction of sp³-hybridized carbons (Fsp3) is 0.0500. The Kier molecular flexibility index (Phi) is 2.89. The smallest absolute Gasteiger partial charge is 0.101 e. The number of aliphatic imine (C=N–C) groups is 1. The lowest BCUT2D eigenvalue weighted by Crippen LogP contribution is -1.99. The van der Waals surface area contributed by atoms with Crippen LogP contribution in [-0.4, -0.2) is 5.71 Å². The molecule has 0 N–H and O–H groups in total. The van der Waals surface area contributed by atoms with Gasteiger partial charge in [0.1, 0.15) is 6.04 Å². The van der Waals surface area contributed by atoms with Crippen LogP contribution in [0.15, 0.2) is 89.9 Å². The predicted octanol–water partition coefficient (Wildman–Crippen LogP) is 4.63. The van der Waals surface area contributed by atoms with E-state index in [1.165, 1.54) is 22.3 Å². The maximum Gasteiger partial charge on any atom is 0.101 e. The van der Waals surface area contributed by atoms with Gasteiger partial charge in [-0.1, -0.05) is 84.9 Å². The number of benzene rings is 3. The quantitative estimate of drug-likeness (QED) is 0.643. The van der Waals surface area contributed by atoms with Crippen LogP contribution in [0.3, 0.4) is 0 Å². The Balaban J connectivity index is 1.89. The monoisotopic (exact) mass is 269 g/mol. The Morgan fingerprint density at radius 2 is 1.24 bits per heavy atom. The summed E-state index contributed by atoms with van der Waals surface area (Å²) in [5.41, 5.74) is 6.07. The molecule has 1 aliphatic rings. The highest BCUT2D eigenvalue weighted by Gasteiger charge is 2.26. The zero-order valence-corrected chi connectivity index (χ0v) is 11.6. The molecule has 0 aromatic heterocycles. The molecule has 3 aromatic rings. The molecule has 21 heavy (non-hydrogen) atoms. The lowest BCUT2D eigenvalue weighted by atomic mass is 9.95. The van der Waals surface area contributed by atoms with Crippen molar-refractivity contribution in [2.75, 3.05) is 0 Å². The largest absolute Gasteiger partial charge is 0.271 e. The molecule has 1 nitrogen and oxygen atoms in total. The van der Waals surface area contributed by atoms with Crippen molar-refractivity contribution in [3.05, 3.63) is 107 Å². The molecule has 0 spiro atoms. The Bertz CT molecular complexity index is 788. The van der Waals surface area contributed by atoms with Gasteiger partial charge in [-0.2, -0.15) is 0 Å². The van der Waals surface area contributed by atoms with E-state index in [0.29, 0.717) is 0 Å². The molecule has 0 aliphatic carbocycles. The zero-order valence-electron chi connectivity index (χ0n) is 11.6. The molecule has 0 fully saturated rings. The van der Waals surface area contributed by atoms with Gasteiger partial charge in [-0.25, -0.2) is 0 Å². The standard InChI is InChI=1S/C20H15N/c1-3-9-15(10-4-1)19-17-13-7-8-14-18(17)20(21-19)16-11-5-2-6-12-16/h1-14,19H. The third-order valence-corrected chi connectivity index (χ3v) is 3.93. The maximum atomic E-state index is 5.01. The number of fused-ring (bicyclic) bond motifs is 1. The summed E-state index contributed by atoms with van der Waals surface area (Å²) in [6.07, 6.45) is 0. The van der Waals surface area contributed by atoms with E-state index < -0.39 is 0 Å². The molecule has 1 heterocycles. The molecule has 1 unspecified atom stereocenters. The second kappa shape index (κ2) is 5.02. The molecular formula is C20H15N. The van der Waals surface area contributed by atoms with Gasteiger partial charge in [-0.05, 0) is 11.1 Å². The SMILES string of the molecule is c1ccc(C2=NC(c3ccccc3)c3ccccc32)cc1. The summed E-state index contributed by atoms with van der Waals surface area (Å²) >= 11 is 0. The zero-order chi connectivity index (χ0) is 14.1. The summed E-state index contributed by atoms with van der Waals surface area (Å²) in [6, 6.07) is 29.6. The Labute approximate surface area is 124 Å². The molecule has 1 atom stereocenters. The van der Waals surface area contributed by atoms with Crippen LogP contribution in [0.5, 0.6) is 0 Å². The van der Waals surface area contributed by atoms with Gasteiger partial charge in [-0.3, -0.25) is 4.99 Å². The van der Waals surface area contributed by atoms with Crippen LogP contribution in [-0.2, 0) is 0 Å². The highest BCUT2D eigenvalue weighted by Crippen LogP contribution is 2.36. The molecular weight excluding hydrogens is 254 g/mol. The number of hydrogen-bond donors (Lipinski definition) is 0. The molecule has 0 saturated heterocycles. The second-order valence-corrected chi connectivity index (χ2v) is 5.24. The van der Waals surface area contributed by atoms with Gasteiger partial charge in [0, 0.05) is 11.1 Å². The molecule has 0 bridgehead atoms. The van der Waals surface area contributed by atoms with Gasteiger partial charge in [0.05, 0.1) is 5.71 Å². The van der Waals surface area contributed by atoms with Gasteiger partial charge >= 0.3 is 0 Å². The van der Waals surface area contributed by atoms with Crippen molar-refractivity contribution in [3.8, 4) is 0 Å². The van der Waals surface area contributed by atoms with Gasteiger partial charge in [-0.15, -0.1) is 0 Å². The Morgan fingerprint density at radius 1 is 0.619 bits per heavy atom. The third-order valence-electron chi connectivity index (χ3n) is 3.93. The van der Waals surface area contributed by atoms with Crippen molar-refractivity contribution in [3.63, 3.8) is 0 Å². The molecule has 4 rings (SSSR count). The van der Waals surface area contributed by atoms with E-state index in [0.717, 1.165) is 5.71 Å². The van der Waals surface area contributed by atoms with E-state index in [2.05, 4.69) is 72.8 Å². The topological polar surface area (TPSA) is 12.4 Å². The molecule has 1 aliphatic heterocycles. The van der Waals surface area contributed by atoms with Crippen molar-refractivity contribution in [1.82, 2.24) is 0 Å². The number of hydrogen-bond acceptors (Lipinski definition) is 1. The lowest BCUT2D eigenvalue weighted by molar-refractivity contribution is 0.897.